The largest absolute Gasteiger partial charge is 0.352 e. The fourth-order valence-corrected chi connectivity index (χ4v) is 1.55. The summed E-state index contributed by atoms with van der Waals surface area (Å²) in [5.74, 6) is -0.410. The van der Waals surface area contributed by atoms with Crippen molar-refractivity contribution >= 4 is 23.0 Å². The molecule has 1 aromatic carbocycles. The summed E-state index contributed by atoms with van der Waals surface area (Å²) in [7, 11) is 0. The lowest BCUT2D eigenvalue weighted by Gasteiger charge is -2.08. The predicted molar refractivity (Wildman–Crippen MR) is 63.6 cm³/mol. The molecule has 3 nitrogen and oxygen atoms in total. The third-order valence-electron chi connectivity index (χ3n) is 2.11. The molecule has 0 radical (unpaired) electrons. The fraction of sp³-hybridized carbons (Fsp3) is 0. The Morgan fingerprint density at radius 1 is 1.29 bits per heavy atom. The maximum Gasteiger partial charge on any atom is 0.163 e. The van der Waals surface area contributed by atoms with Crippen molar-refractivity contribution in [1.82, 2.24) is 4.98 Å². The zero-order chi connectivity index (χ0) is 12.3. The van der Waals surface area contributed by atoms with Gasteiger partial charge in [0, 0.05) is 6.20 Å². The molecule has 1 heterocycles. The van der Waals surface area contributed by atoms with Crippen molar-refractivity contribution in [2.24, 2.45) is 0 Å². The molecule has 0 spiro atoms. The van der Waals surface area contributed by atoms with Crippen LogP contribution in [0.4, 0.5) is 15.8 Å². The van der Waals surface area contributed by atoms with E-state index in [0.29, 0.717) is 11.4 Å². The highest BCUT2D eigenvalue weighted by Gasteiger charge is 2.06. The van der Waals surface area contributed by atoms with Gasteiger partial charge in [0.15, 0.2) is 5.69 Å². The van der Waals surface area contributed by atoms with Crippen LogP contribution in [-0.4, -0.2) is 4.98 Å². The Balaban J connectivity index is 2.35. The van der Waals surface area contributed by atoms with Gasteiger partial charge in [0.2, 0.25) is 0 Å². The number of nitrogens with one attached hydrogen (secondary N) is 1. The molecule has 1 aromatic heterocycles. The van der Waals surface area contributed by atoms with Gasteiger partial charge >= 0.3 is 0 Å². The van der Waals surface area contributed by atoms with Crippen molar-refractivity contribution in [3.63, 3.8) is 0 Å². The Morgan fingerprint density at radius 3 is 2.82 bits per heavy atom. The highest BCUT2D eigenvalue weighted by Crippen LogP contribution is 2.26. The van der Waals surface area contributed by atoms with Gasteiger partial charge in [-0.05, 0) is 30.3 Å². The second kappa shape index (κ2) is 4.81. The van der Waals surface area contributed by atoms with Gasteiger partial charge in [-0.1, -0.05) is 11.6 Å². The zero-order valence-electron chi connectivity index (χ0n) is 8.61. The van der Waals surface area contributed by atoms with Crippen LogP contribution < -0.4 is 5.32 Å². The summed E-state index contributed by atoms with van der Waals surface area (Å²) < 4.78 is 12.9. The lowest BCUT2D eigenvalue weighted by Crippen LogP contribution is -1.96. The number of nitriles is 1. The van der Waals surface area contributed by atoms with Gasteiger partial charge in [-0.3, -0.25) is 0 Å². The van der Waals surface area contributed by atoms with Gasteiger partial charge in [0.25, 0.3) is 0 Å². The third kappa shape index (κ3) is 2.52. The van der Waals surface area contributed by atoms with Crippen molar-refractivity contribution in [2.45, 2.75) is 0 Å². The van der Waals surface area contributed by atoms with Crippen LogP contribution in [0.5, 0.6) is 0 Å². The molecule has 0 atom stereocenters. The van der Waals surface area contributed by atoms with Crippen LogP contribution in [0.3, 0.4) is 0 Å². The summed E-state index contributed by atoms with van der Waals surface area (Å²) in [4.78, 5) is 3.90. The van der Waals surface area contributed by atoms with Crippen LogP contribution in [0.25, 0.3) is 0 Å². The van der Waals surface area contributed by atoms with Gasteiger partial charge in [0.05, 0.1) is 16.4 Å². The predicted octanol–water partition coefficient (Wildman–Crippen LogP) is 3.49. The second-order valence-electron chi connectivity index (χ2n) is 3.26. The summed E-state index contributed by atoms with van der Waals surface area (Å²) in [6.45, 7) is 0. The molecule has 0 aliphatic heterocycles. The first-order valence-corrected chi connectivity index (χ1v) is 5.15. The van der Waals surface area contributed by atoms with Crippen molar-refractivity contribution in [3.8, 4) is 6.07 Å². The Morgan fingerprint density at radius 2 is 2.12 bits per heavy atom. The molecule has 0 fully saturated rings. The Kier molecular flexibility index (Phi) is 3.22. The standard InChI is InChI=1S/C12H7ClFN3/c13-9-6-8(14)3-4-10(9)17-11-2-1-5-16-12(11)7-15/h1-6,17H. The number of nitrogens with zero attached hydrogens (tertiary/aromatic N) is 2. The average Bonchev–Trinajstić information content (AvgIpc) is 2.33. The zero-order valence-corrected chi connectivity index (χ0v) is 9.37. The Bertz CT molecular complexity index is 593. The molecule has 0 aliphatic rings. The van der Waals surface area contributed by atoms with E-state index in [9.17, 15) is 4.39 Å². The molecule has 17 heavy (non-hydrogen) atoms. The molecule has 0 bridgehead atoms. The maximum absolute atomic E-state index is 12.9. The normalized spacial score (nSPS) is 9.71. The minimum absolute atomic E-state index is 0.248. The minimum Gasteiger partial charge on any atom is -0.352 e. The lowest BCUT2D eigenvalue weighted by atomic mass is 10.2. The van der Waals surface area contributed by atoms with Crippen LogP contribution >= 0.6 is 11.6 Å². The number of hydrogen-bond acceptors (Lipinski definition) is 3. The van der Waals surface area contributed by atoms with Gasteiger partial charge < -0.3 is 5.32 Å². The maximum atomic E-state index is 12.9. The molecule has 0 amide bonds. The van der Waals surface area contributed by atoms with E-state index >= 15 is 0 Å². The van der Waals surface area contributed by atoms with Crippen LogP contribution in [0.2, 0.25) is 5.02 Å². The number of benzene rings is 1. The van der Waals surface area contributed by atoms with Crippen LogP contribution in [0.1, 0.15) is 5.69 Å². The first kappa shape index (κ1) is 11.4. The SMILES string of the molecule is N#Cc1ncccc1Nc1ccc(F)cc1Cl. The number of anilines is 2. The fourth-order valence-electron chi connectivity index (χ4n) is 1.33. The van der Waals surface area contributed by atoms with Gasteiger partial charge in [-0.2, -0.15) is 5.26 Å². The number of aromatic nitrogens is 1. The number of pyridine rings is 1. The van der Waals surface area contributed by atoms with Crippen molar-refractivity contribution in [3.05, 3.63) is 53.1 Å². The minimum atomic E-state index is -0.410. The van der Waals surface area contributed by atoms with E-state index in [2.05, 4.69) is 10.3 Å². The first-order chi connectivity index (χ1) is 8.20. The number of rotatable bonds is 2. The summed E-state index contributed by atoms with van der Waals surface area (Å²) in [5, 5.41) is 12.0. The summed E-state index contributed by atoms with van der Waals surface area (Å²) in [6.07, 6.45) is 1.52. The van der Waals surface area contributed by atoms with Crippen LogP contribution in [0.15, 0.2) is 36.5 Å². The van der Waals surface area contributed by atoms with E-state index in [-0.39, 0.29) is 10.7 Å². The van der Waals surface area contributed by atoms with Gasteiger partial charge in [0.1, 0.15) is 11.9 Å². The van der Waals surface area contributed by atoms with Crippen molar-refractivity contribution < 1.29 is 4.39 Å². The van der Waals surface area contributed by atoms with Crippen molar-refractivity contribution in [1.29, 1.82) is 5.26 Å². The molecule has 0 unspecified atom stereocenters. The number of hydrogen-bond donors (Lipinski definition) is 1. The molecule has 0 aliphatic carbocycles. The second-order valence-corrected chi connectivity index (χ2v) is 3.67. The van der Waals surface area contributed by atoms with E-state index in [4.69, 9.17) is 16.9 Å². The van der Waals surface area contributed by atoms with E-state index in [1.54, 1.807) is 12.1 Å². The van der Waals surface area contributed by atoms with E-state index in [0.717, 1.165) is 0 Å². The topological polar surface area (TPSA) is 48.7 Å². The molecule has 5 heteroatoms. The Labute approximate surface area is 102 Å². The summed E-state index contributed by atoms with van der Waals surface area (Å²) >= 11 is 5.87. The summed E-state index contributed by atoms with van der Waals surface area (Å²) in [6, 6.07) is 9.35. The van der Waals surface area contributed by atoms with Crippen LogP contribution in [0, 0.1) is 17.1 Å². The van der Waals surface area contributed by atoms with Crippen LogP contribution in [-0.2, 0) is 0 Å². The highest BCUT2D eigenvalue weighted by atomic mass is 35.5. The smallest absolute Gasteiger partial charge is 0.163 e. The molecular formula is C12H7ClFN3. The molecule has 2 rings (SSSR count). The number of halogens is 2. The highest BCUT2D eigenvalue weighted by molar-refractivity contribution is 6.33. The van der Waals surface area contributed by atoms with E-state index in [1.807, 2.05) is 6.07 Å². The third-order valence-corrected chi connectivity index (χ3v) is 2.43. The molecule has 0 saturated heterocycles. The molecular weight excluding hydrogens is 241 g/mol. The van der Waals surface area contributed by atoms with E-state index in [1.165, 1.54) is 24.4 Å². The van der Waals surface area contributed by atoms with Crippen molar-refractivity contribution in [2.75, 3.05) is 5.32 Å². The molecule has 2 aromatic rings. The quantitative estimate of drug-likeness (QED) is 0.884. The Hall–Kier alpha value is -2.12. The molecule has 1 N–H and O–H groups in total. The lowest BCUT2D eigenvalue weighted by molar-refractivity contribution is 0.628. The monoisotopic (exact) mass is 247 g/mol. The summed E-state index contributed by atoms with van der Waals surface area (Å²) in [5.41, 5.74) is 1.31. The molecule has 0 saturated carbocycles. The molecule has 84 valence electrons. The van der Waals surface area contributed by atoms with Gasteiger partial charge in [-0.25, -0.2) is 9.37 Å². The average molecular weight is 248 g/mol. The first-order valence-electron chi connectivity index (χ1n) is 4.78. The van der Waals surface area contributed by atoms with Gasteiger partial charge in [-0.15, -0.1) is 0 Å². The van der Waals surface area contributed by atoms with E-state index < -0.39 is 5.82 Å².